The summed E-state index contributed by atoms with van der Waals surface area (Å²) in [7, 11) is 0. The summed E-state index contributed by atoms with van der Waals surface area (Å²) in [6.45, 7) is 1.86. The summed E-state index contributed by atoms with van der Waals surface area (Å²) in [5.41, 5.74) is 2.98. The van der Waals surface area contributed by atoms with Gasteiger partial charge in [-0.25, -0.2) is 4.98 Å². The van der Waals surface area contributed by atoms with Gasteiger partial charge in [0.25, 0.3) is 0 Å². The minimum absolute atomic E-state index is 0.721. The fourth-order valence-electron chi connectivity index (χ4n) is 1.22. The van der Waals surface area contributed by atoms with Crippen LogP contribution in [0.25, 0.3) is 11.1 Å². The molecule has 0 fully saturated rings. The fraction of sp³-hybridized carbons (Fsp3) is 0.222. The molecule has 0 saturated carbocycles. The van der Waals surface area contributed by atoms with Gasteiger partial charge in [-0.1, -0.05) is 28.1 Å². The first-order chi connectivity index (χ1) is 5.81. The molecule has 3 heteroatoms. The van der Waals surface area contributed by atoms with Crippen LogP contribution in [-0.4, -0.2) is 4.98 Å². The van der Waals surface area contributed by atoms with Crippen LogP contribution < -0.4 is 0 Å². The number of oxazole rings is 1. The quantitative estimate of drug-likeness (QED) is 0.698. The highest BCUT2D eigenvalue weighted by Gasteiger charge is 2.05. The van der Waals surface area contributed by atoms with Gasteiger partial charge >= 0.3 is 0 Å². The Kier molecular flexibility index (Phi) is 1.89. The van der Waals surface area contributed by atoms with E-state index in [0.29, 0.717) is 0 Å². The monoisotopic (exact) mass is 225 g/mol. The standard InChI is InChI=1S/C9H8BrNO/c1-6-11-8-4-2-3-7(5-10)9(8)12-6/h2-4H,5H2,1H3. The molecule has 0 aliphatic heterocycles. The van der Waals surface area contributed by atoms with E-state index in [-0.39, 0.29) is 0 Å². The molecule has 0 aliphatic carbocycles. The average Bonchev–Trinajstić information content (AvgIpc) is 2.44. The number of hydrogen-bond acceptors (Lipinski definition) is 2. The van der Waals surface area contributed by atoms with Gasteiger partial charge in [-0.2, -0.15) is 0 Å². The Bertz CT molecular complexity index is 408. The van der Waals surface area contributed by atoms with Crippen LogP contribution >= 0.6 is 15.9 Å². The van der Waals surface area contributed by atoms with Crippen molar-refractivity contribution in [3.05, 3.63) is 29.7 Å². The third-order valence-corrected chi connectivity index (χ3v) is 2.35. The first-order valence-corrected chi connectivity index (χ1v) is 4.84. The summed E-state index contributed by atoms with van der Waals surface area (Å²) in [5, 5.41) is 0.805. The van der Waals surface area contributed by atoms with E-state index in [1.165, 1.54) is 0 Å². The molecule has 0 atom stereocenters. The van der Waals surface area contributed by atoms with Gasteiger partial charge in [-0.05, 0) is 6.07 Å². The molecular formula is C9H8BrNO. The molecule has 0 amide bonds. The van der Waals surface area contributed by atoms with E-state index in [4.69, 9.17) is 4.42 Å². The SMILES string of the molecule is Cc1nc2cccc(CBr)c2o1. The van der Waals surface area contributed by atoms with Crippen LogP contribution in [0.15, 0.2) is 22.6 Å². The van der Waals surface area contributed by atoms with Crippen LogP contribution in [-0.2, 0) is 5.33 Å². The van der Waals surface area contributed by atoms with Crippen molar-refractivity contribution >= 4 is 27.0 Å². The highest BCUT2D eigenvalue weighted by molar-refractivity contribution is 9.08. The van der Waals surface area contributed by atoms with Crippen molar-refractivity contribution in [2.75, 3.05) is 0 Å². The lowest BCUT2D eigenvalue weighted by atomic mass is 10.2. The van der Waals surface area contributed by atoms with E-state index >= 15 is 0 Å². The molecule has 0 spiro atoms. The van der Waals surface area contributed by atoms with Gasteiger partial charge in [0, 0.05) is 17.8 Å². The molecule has 2 aromatic rings. The largest absolute Gasteiger partial charge is 0.441 e. The molecule has 2 nitrogen and oxygen atoms in total. The zero-order chi connectivity index (χ0) is 8.55. The van der Waals surface area contributed by atoms with Crippen molar-refractivity contribution in [2.45, 2.75) is 12.3 Å². The Balaban J connectivity index is 2.78. The summed E-state index contributed by atoms with van der Waals surface area (Å²) in [6.07, 6.45) is 0. The minimum Gasteiger partial charge on any atom is -0.441 e. The molecule has 1 aromatic heterocycles. The van der Waals surface area contributed by atoms with E-state index in [1.807, 2.05) is 25.1 Å². The van der Waals surface area contributed by atoms with Crippen molar-refractivity contribution in [1.29, 1.82) is 0 Å². The van der Waals surface area contributed by atoms with Crippen LogP contribution in [0.3, 0.4) is 0 Å². The summed E-state index contributed by atoms with van der Waals surface area (Å²) >= 11 is 3.40. The van der Waals surface area contributed by atoms with Crippen molar-refractivity contribution in [3.63, 3.8) is 0 Å². The topological polar surface area (TPSA) is 26.0 Å². The molecule has 2 rings (SSSR count). The van der Waals surface area contributed by atoms with Crippen LogP contribution in [0.1, 0.15) is 11.5 Å². The van der Waals surface area contributed by atoms with Crippen LogP contribution in [0.5, 0.6) is 0 Å². The molecule has 0 radical (unpaired) electrons. The molecule has 1 heterocycles. The second kappa shape index (κ2) is 2.90. The van der Waals surface area contributed by atoms with Crippen molar-refractivity contribution < 1.29 is 4.42 Å². The number of halogens is 1. The predicted molar refractivity (Wildman–Crippen MR) is 51.4 cm³/mol. The third kappa shape index (κ3) is 1.14. The molecule has 0 N–H and O–H groups in total. The van der Waals surface area contributed by atoms with Crippen LogP contribution in [0, 0.1) is 6.92 Å². The molecule has 12 heavy (non-hydrogen) atoms. The Morgan fingerprint density at radius 3 is 3.08 bits per heavy atom. The van der Waals surface area contributed by atoms with Gasteiger partial charge in [0.15, 0.2) is 11.5 Å². The molecule has 1 aromatic carbocycles. The number of fused-ring (bicyclic) bond motifs is 1. The fourth-order valence-corrected chi connectivity index (χ4v) is 1.66. The second-order valence-electron chi connectivity index (χ2n) is 2.63. The zero-order valence-corrected chi connectivity index (χ0v) is 8.26. The minimum atomic E-state index is 0.721. The Morgan fingerprint density at radius 2 is 2.33 bits per heavy atom. The number of hydrogen-bond donors (Lipinski definition) is 0. The molecule has 0 unspecified atom stereocenters. The molecule has 0 bridgehead atoms. The second-order valence-corrected chi connectivity index (χ2v) is 3.19. The van der Waals surface area contributed by atoms with Gasteiger partial charge in [0.05, 0.1) is 0 Å². The summed E-state index contributed by atoms with van der Waals surface area (Å²) in [5.74, 6) is 0.721. The number of nitrogens with zero attached hydrogens (tertiary/aromatic N) is 1. The van der Waals surface area contributed by atoms with Crippen molar-refractivity contribution in [3.8, 4) is 0 Å². The predicted octanol–water partition coefficient (Wildman–Crippen LogP) is 3.03. The number of benzene rings is 1. The molecule has 0 saturated heterocycles. The Labute approximate surface area is 78.7 Å². The maximum absolute atomic E-state index is 5.45. The van der Waals surface area contributed by atoms with Gasteiger partial charge in [0.1, 0.15) is 5.52 Å². The Morgan fingerprint density at radius 1 is 1.50 bits per heavy atom. The van der Waals surface area contributed by atoms with E-state index in [9.17, 15) is 0 Å². The van der Waals surface area contributed by atoms with Crippen molar-refractivity contribution in [1.82, 2.24) is 4.98 Å². The number of aromatic nitrogens is 1. The summed E-state index contributed by atoms with van der Waals surface area (Å²) in [6, 6.07) is 5.97. The smallest absolute Gasteiger partial charge is 0.192 e. The summed E-state index contributed by atoms with van der Waals surface area (Å²) in [4.78, 5) is 4.23. The van der Waals surface area contributed by atoms with Crippen LogP contribution in [0.2, 0.25) is 0 Å². The van der Waals surface area contributed by atoms with E-state index in [2.05, 4.69) is 20.9 Å². The highest BCUT2D eigenvalue weighted by Crippen LogP contribution is 2.21. The van der Waals surface area contributed by atoms with E-state index in [1.54, 1.807) is 0 Å². The lowest BCUT2D eigenvalue weighted by Crippen LogP contribution is -1.76. The maximum atomic E-state index is 5.45. The lowest BCUT2D eigenvalue weighted by molar-refractivity contribution is 0.559. The normalized spacial score (nSPS) is 10.8. The highest BCUT2D eigenvalue weighted by atomic mass is 79.9. The van der Waals surface area contributed by atoms with E-state index in [0.717, 1.165) is 27.9 Å². The zero-order valence-electron chi connectivity index (χ0n) is 6.67. The Hall–Kier alpha value is -0.830. The van der Waals surface area contributed by atoms with Crippen LogP contribution in [0.4, 0.5) is 0 Å². The van der Waals surface area contributed by atoms with Crippen molar-refractivity contribution in [2.24, 2.45) is 0 Å². The van der Waals surface area contributed by atoms with Gasteiger partial charge in [-0.15, -0.1) is 0 Å². The van der Waals surface area contributed by atoms with Gasteiger partial charge < -0.3 is 4.42 Å². The molecule has 0 aliphatic rings. The molecule has 62 valence electrons. The van der Waals surface area contributed by atoms with Gasteiger partial charge in [0.2, 0.25) is 0 Å². The first-order valence-electron chi connectivity index (χ1n) is 3.72. The summed E-state index contributed by atoms with van der Waals surface area (Å²) < 4.78 is 5.45. The molecular weight excluding hydrogens is 218 g/mol. The van der Waals surface area contributed by atoms with Gasteiger partial charge in [-0.3, -0.25) is 0 Å². The maximum Gasteiger partial charge on any atom is 0.192 e. The average molecular weight is 226 g/mol. The third-order valence-electron chi connectivity index (χ3n) is 1.75. The lowest BCUT2D eigenvalue weighted by Gasteiger charge is -1.93. The van der Waals surface area contributed by atoms with E-state index < -0.39 is 0 Å². The number of para-hydroxylation sites is 1. The first kappa shape index (κ1) is 7.80. The number of aryl methyl sites for hydroxylation is 1. The number of rotatable bonds is 1. The number of alkyl halides is 1.